The summed E-state index contributed by atoms with van der Waals surface area (Å²) in [4.78, 5) is 31.3. The van der Waals surface area contributed by atoms with Crippen LogP contribution in [0, 0.1) is 0 Å². The third kappa shape index (κ3) is 2.83. The van der Waals surface area contributed by atoms with E-state index in [-0.39, 0.29) is 11.5 Å². The Morgan fingerprint density at radius 2 is 2.35 bits per heavy atom. The molecule has 2 aromatic heterocycles. The molecular formula is C16H18N2O3S2. The van der Waals surface area contributed by atoms with Crippen LogP contribution in [0.25, 0.3) is 10.2 Å². The van der Waals surface area contributed by atoms with Crippen molar-refractivity contribution in [1.29, 1.82) is 0 Å². The maximum atomic E-state index is 12.9. The number of aryl methyl sites for hydroxylation is 2. The molecule has 1 aliphatic carbocycles. The van der Waals surface area contributed by atoms with Gasteiger partial charge >= 0.3 is 5.97 Å². The van der Waals surface area contributed by atoms with Crippen molar-refractivity contribution in [3.63, 3.8) is 0 Å². The Hall–Kier alpha value is -1.60. The predicted molar refractivity (Wildman–Crippen MR) is 93.4 cm³/mol. The number of allylic oxidation sites excluding steroid dienone is 1. The Bertz CT molecular complexity index is 838. The highest BCUT2D eigenvalue weighted by Crippen LogP contribution is 2.36. The lowest BCUT2D eigenvalue weighted by molar-refractivity contribution is -0.139. The van der Waals surface area contributed by atoms with Crippen LogP contribution in [0.4, 0.5) is 0 Å². The summed E-state index contributed by atoms with van der Waals surface area (Å²) in [5, 5.41) is 0.867. The second-order valence-electron chi connectivity index (χ2n) is 5.42. The van der Waals surface area contributed by atoms with Gasteiger partial charge in [-0.05, 0) is 31.7 Å². The lowest BCUT2D eigenvalue weighted by Crippen LogP contribution is -2.24. The monoisotopic (exact) mass is 350 g/mol. The number of hydrogen-bond acceptors (Lipinski definition) is 6. The number of hydrogen-bond donors (Lipinski definition) is 0. The van der Waals surface area contributed by atoms with Crippen LogP contribution in [0.5, 0.6) is 0 Å². The molecule has 0 aliphatic heterocycles. The molecule has 0 saturated carbocycles. The van der Waals surface area contributed by atoms with E-state index in [0.717, 1.165) is 35.0 Å². The Balaban J connectivity index is 2.13. The second kappa shape index (κ2) is 6.49. The molecule has 1 atom stereocenters. The summed E-state index contributed by atoms with van der Waals surface area (Å²) in [6.45, 7) is 5.85. The van der Waals surface area contributed by atoms with Crippen molar-refractivity contribution in [3.05, 3.63) is 33.4 Å². The van der Waals surface area contributed by atoms with Gasteiger partial charge in [-0.15, -0.1) is 17.9 Å². The van der Waals surface area contributed by atoms with Crippen molar-refractivity contribution in [2.45, 2.75) is 43.1 Å². The van der Waals surface area contributed by atoms with Gasteiger partial charge in [0, 0.05) is 11.4 Å². The minimum atomic E-state index is -0.424. The predicted octanol–water partition coefficient (Wildman–Crippen LogP) is 2.79. The number of nitrogens with zero attached hydrogens (tertiary/aromatic N) is 2. The standard InChI is InChI=1S/C16H18N2O3S2/c1-4-8-18-14(19)12-10-6-5-7-11(10)23-13(12)17-16(18)22-9(2)15(20)21-3/h4,9H,1,5-8H2,2-3H3/t9-/m1/s1. The van der Waals surface area contributed by atoms with Crippen LogP contribution in [-0.2, 0) is 28.9 Å². The molecule has 0 fully saturated rings. The van der Waals surface area contributed by atoms with Gasteiger partial charge < -0.3 is 4.74 Å². The number of thiophene rings is 1. The molecule has 3 rings (SSSR count). The lowest BCUT2D eigenvalue weighted by atomic mass is 10.2. The van der Waals surface area contributed by atoms with E-state index in [1.54, 1.807) is 28.9 Å². The van der Waals surface area contributed by atoms with Crippen molar-refractivity contribution in [2.75, 3.05) is 7.11 Å². The second-order valence-corrected chi connectivity index (χ2v) is 7.81. The average Bonchev–Trinajstić information content (AvgIpc) is 3.10. The summed E-state index contributed by atoms with van der Waals surface area (Å²) >= 11 is 2.85. The van der Waals surface area contributed by atoms with Crippen LogP contribution < -0.4 is 5.56 Å². The fourth-order valence-electron chi connectivity index (χ4n) is 2.81. The van der Waals surface area contributed by atoms with Gasteiger partial charge in [0.15, 0.2) is 5.16 Å². The van der Waals surface area contributed by atoms with Gasteiger partial charge in [-0.3, -0.25) is 14.2 Å². The zero-order chi connectivity index (χ0) is 16.6. The van der Waals surface area contributed by atoms with Crippen LogP contribution in [-0.4, -0.2) is 27.9 Å². The molecule has 7 heteroatoms. The van der Waals surface area contributed by atoms with Crippen molar-refractivity contribution in [3.8, 4) is 0 Å². The van der Waals surface area contributed by atoms with Crippen molar-refractivity contribution >= 4 is 39.3 Å². The summed E-state index contributed by atoms with van der Waals surface area (Å²) in [7, 11) is 1.36. The third-order valence-electron chi connectivity index (χ3n) is 3.92. The van der Waals surface area contributed by atoms with Gasteiger partial charge in [0.05, 0.1) is 12.5 Å². The zero-order valence-electron chi connectivity index (χ0n) is 13.1. The molecule has 2 aromatic rings. The zero-order valence-corrected chi connectivity index (χ0v) is 14.8. The Morgan fingerprint density at radius 3 is 3.04 bits per heavy atom. The molecule has 0 saturated heterocycles. The van der Waals surface area contributed by atoms with Gasteiger partial charge in [-0.25, -0.2) is 4.98 Å². The summed E-state index contributed by atoms with van der Waals surface area (Å²) in [6, 6.07) is 0. The quantitative estimate of drug-likeness (QED) is 0.359. The number of carbonyl (C=O) groups excluding carboxylic acids is 1. The Kier molecular flexibility index (Phi) is 4.59. The molecule has 2 heterocycles. The van der Waals surface area contributed by atoms with Gasteiger partial charge in [0.1, 0.15) is 10.1 Å². The van der Waals surface area contributed by atoms with Gasteiger partial charge in [-0.2, -0.15) is 0 Å². The van der Waals surface area contributed by atoms with E-state index in [1.807, 2.05) is 0 Å². The number of esters is 1. The fraction of sp³-hybridized carbons (Fsp3) is 0.438. The molecule has 0 N–H and O–H groups in total. The number of methoxy groups -OCH3 is 1. The highest BCUT2D eigenvalue weighted by atomic mass is 32.2. The molecule has 0 aromatic carbocycles. The molecular weight excluding hydrogens is 332 g/mol. The number of carbonyl (C=O) groups is 1. The fourth-order valence-corrected chi connectivity index (χ4v) is 5.06. The van der Waals surface area contributed by atoms with Crippen LogP contribution in [0.3, 0.4) is 0 Å². The number of thioether (sulfide) groups is 1. The smallest absolute Gasteiger partial charge is 0.318 e. The summed E-state index contributed by atoms with van der Waals surface area (Å²) in [5.41, 5.74) is 1.13. The molecule has 0 amide bonds. The first kappa shape index (κ1) is 16.3. The molecule has 0 radical (unpaired) electrons. The van der Waals surface area contributed by atoms with E-state index >= 15 is 0 Å². The van der Waals surface area contributed by atoms with E-state index in [2.05, 4.69) is 11.6 Å². The Labute approximate surface area is 142 Å². The van der Waals surface area contributed by atoms with Gasteiger partial charge in [0.25, 0.3) is 5.56 Å². The number of ether oxygens (including phenoxy) is 1. The summed E-state index contributed by atoms with van der Waals surface area (Å²) in [6.07, 6.45) is 4.76. The van der Waals surface area contributed by atoms with Crippen molar-refractivity contribution in [2.24, 2.45) is 0 Å². The summed E-state index contributed by atoms with van der Waals surface area (Å²) < 4.78 is 6.36. The molecule has 0 spiro atoms. The first-order valence-electron chi connectivity index (χ1n) is 7.47. The summed E-state index contributed by atoms with van der Waals surface area (Å²) in [5.74, 6) is -0.330. The topological polar surface area (TPSA) is 61.2 Å². The van der Waals surface area contributed by atoms with Gasteiger partial charge in [0.2, 0.25) is 0 Å². The van der Waals surface area contributed by atoms with E-state index in [1.165, 1.54) is 23.7 Å². The lowest BCUT2D eigenvalue weighted by Gasteiger charge is -2.13. The molecule has 23 heavy (non-hydrogen) atoms. The van der Waals surface area contributed by atoms with E-state index in [9.17, 15) is 9.59 Å². The van der Waals surface area contributed by atoms with Crippen molar-refractivity contribution < 1.29 is 9.53 Å². The average molecular weight is 350 g/mol. The number of rotatable bonds is 5. The van der Waals surface area contributed by atoms with E-state index < -0.39 is 5.25 Å². The number of fused-ring (bicyclic) bond motifs is 3. The number of aromatic nitrogens is 2. The van der Waals surface area contributed by atoms with Crippen LogP contribution in [0.15, 0.2) is 22.6 Å². The third-order valence-corrected chi connectivity index (χ3v) is 6.17. The van der Waals surface area contributed by atoms with Crippen molar-refractivity contribution in [1.82, 2.24) is 9.55 Å². The van der Waals surface area contributed by atoms with Gasteiger partial charge in [-0.1, -0.05) is 17.8 Å². The Morgan fingerprint density at radius 1 is 1.57 bits per heavy atom. The van der Waals surface area contributed by atoms with Crippen LogP contribution >= 0.6 is 23.1 Å². The largest absolute Gasteiger partial charge is 0.468 e. The maximum Gasteiger partial charge on any atom is 0.318 e. The highest BCUT2D eigenvalue weighted by molar-refractivity contribution is 8.00. The molecule has 122 valence electrons. The molecule has 5 nitrogen and oxygen atoms in total. The molecule has 1 aliphatic rings. The van der Waals surface area contributed by atoms with Crippen LogP contribution in [0.2, 0.25) is 0 Å². The minimum absolute atomic E-state index is 0.0335. The highest BCUT2D eigenvalue weighted by Gasteiger charge is 2.24. The first-order chi connectivity index (χ1) is 11.1. The normalized spacial score (nSPS) is 14.7. The van der Waals surface area contributed by atoms with E-state index in [0.29, 0.717) is 11.7 Å². The maximum absolute atomic E-state index is 12.9. The molecule has 0 bridgehead atoms. The SMILES string of the molecule is C=CCn1c(S[C@H](C)C(=O)OC)nc2sc3c(c2c1=O)CCC3. The van der Waals surface area contributed by atoms with Crippen LogP contribution in [0.1, 0.15) is 23.8 Å². The first-order valence-corrected chi connectivity index (χ1v) is 9.17. The molecule has 0 unspecified atom stereocenters. The van der Waals surface area contributed by atoms with E-state index in [4.69, 9.17) is 4.74 Å². The minimum Gasteiger partial charge on any atom is -0.468 e.